The Balaban J connectivity index is 0.000000197. The molecule has 2 amide bonds. The van der Waals surface area contributed by atoms with Crippen molar-refractivity contribution in [3.63, 3.8) is 0 Å². The fourth-order valence-corrected chi connectivity index (χ4v) is 19.0. The first-order valence-corrected chi connectivity index (χ1v) is 30.6. The molecular formula is C54H40Br4Cl2F6N2O2P2. The number of rotatable bonds is 11. The van der Waals surface area contributed by atoms with Gasteiger partial charge in [-0.2, -0.15) is 13.2 Å². The molecule has 0 fully saturated rings. The van der Waals surface area contributed by atoms with Gasteiger partial charge in [0.15, 0.2) is 0 Å². The number of hydrogen-bond donors (Lipinski definition) is 2. The van der Waals surface area contributed by atoms with Crippen LogP contribution in [0, 0.1) is 0 Å². The van der Waals surface area contributed by atoms with Gasteiger partial charge in [-0.15, -0.1) is 0 Å². The molecule has 8 aromatic carbocycles. The van der Waals surface area contributed by atoms with Crippen LogP contribution in [0.4, 0.5) is 37.7 Å². The largest absolute Gasteiger partial charge is 0.0622 e. The molecule has 8 aromatic rings. The zero-order valence-electron chi connectivity index (χ0n) is 37.3. The topological polar surface area (TPSA) is 58.2 Å². The second-order valence-corrected chi connectivity index (χ2v) is 29.8. The number of nitrogens with one attached hydrogen (secondary N) is 2. The first kappa shape index (κ1) is 56.9. The molecule has 0 unspecified atom stereocenters. The summed E-state index contributed by atoms with van der Waals surface area (Å²) in [4.78, 5) is 22.7. The maximum atomic E-state index is 13.2. The van der Waals surface area contributed by atoms with E-state index in [1.165, 1.54) is 34.1 Å². The van der Waals surface area contributed by atoms with Crippen LogP contribution in [0.2, 0.25) is 10.0 Å². The normalized spacial score (nSPS) is 12.0. The summed E-state index contributed by atoms with van der Waals surface area (Å²) < 4.78 is 76.9. The minimum absolute atomic E-state index is 0.00164. The van der Waals surface area contributed by atoms with E-state index in [1.54, 1.807) is 11.4 Å². The Hall–Kier alpha value is -4.36. The van der Waals surface area contributed by atoms with Crippen molar-refractivity contribution in [1.82, 2.24) is 0 Å². The summed E-state index contributed by atoms with van der Waals surface area (Å²) >= 11 is 26.0. The van der Waals surface area contributed by atoms with Gasteiger partial charge in [0.1, 0.15) is 0 Å². The molecule has 72 heavy (non-hydrogen) atoms. The van der Waals surface area contributed by atoms with Gasteiger partial charge in [0.25, 0.3) is 0 Å². The van der Waals surface area contributed by atoms with Crippen LogP contribution in [0.15, 0.2) is 215 Å². The first-order valence-electron chi connectivity index (χ1n) is 21.4. The van der Waals surface area contributed by atoms with Crippen molar-refractivity contribution in [3.05, 3.63) is 236 Å². The summed E-state index contributed by atoms with van der Waals surface area (Å²) in [7, 11) is -0.446. The van der Waals surface area contributed by atoms with Crippen LogP contribution in [0.25, 0.3) is 0 Å². The molecule has 4 nitrogen and oxygen atoms in total. The Morgan fingerprint density at radius 1 is 0.472 bits per heavy atom. The fraction of sp³-hybridized carbons (Fsp3) is 0.0741. The monoisotopic (exact) mass is 1310 g/mol. The first-order chi connectivity index (χ1) is 34.2. The van der Waals surface area contributed by atoms with Crippen molar-refractivity contribution in [2.24, 2.45) is 0 Å². The van der Waals surface area contributed by atoms with E-state index in [9.17, 15) is 35.9 Å². The van der Waals surface area contributed by atoms with E-state index >= 15 is 0 Å². The Labute approximate surface area is 457 Å². The maximum Gasteiger partial charge on any atom is -0.0134 e. The Kier molecular flexibility index (Phi) is 20.0. The average molecular weight is 1320 g/mol. The second kappa shape index (κ2) is 25.2. The van der Waals surface area contributed by atoms with Gasteiger partial charge in [-0.1, -0.05) is 119 Å². The van der Waals surface area contributed by atoms with Crippen LogP contribution >= 0.6 is 99.7 Å². The van der Waals surface area contributed by atoms with E-state index in [0.29, 0.717) is 20.1 Å². The molecule has 0 radical (unpaired) electrons. The van der Waals surface area contributed by atoms with Crippen molar-refractivity contribution in [3.8, 4) is 0 Å². The molecule has 0 heterocycles. The Morgan fingerprint density at radius 3 is 1.04 bits per heavy atom. The summed E-state index contributed by atoms with van der Waals surface area (Å²) in [5.74, 6) is -4.09. The smallest absolute Gasteiger partial charge is 0.0134 e. The van der Waals surface area contributed by atoms with Crippen molar-refractivity contribution in [2.45, 2.75) is 23.8 Å². The average Bonchev–Trinajstić information content (AvgIpc) is 3.38. The number of hydrogen-bond acceptors (Lipinski definition) is 2. The predicted molar refractivity (Wildman–Crippen MR) is 303 cm³/mol. The standard InChI is InChI=1S/C27H20Br2ClF3NOP.C18H15P.C9H5Br2ClF3NO/c28-23-16-19(25(17-24(23)30)34-26(35)27(31,32)33)18-36(29,20-10-4-1-5-11-20,21-12-6-2-7-13-21)22-14-8-3-9-15-22;1-4-10-16(11-5-1)19(17-12-6-2-7-13-17)18-14-8-3-9-15-18;10-3-4-1-5(11)6(12)2-7(4)16-8(17)9(13,14)15/h1-17H,18H2,(H,34,35);1-15H;1-2H,3H2,(H,16,17). The molecule has 2 N–H and O–H groups in total. The molecule has 8 rings (SSSR count). The van der Waals surface area contributed by atoms with E-state index in [0.717, 1.165) is 15.9 Å². The minimum atomic E-state index is -5.05. The zero-order chi connectivity index (χ0) is 52.1. The SMILES string of the molecule is O=C(Nc1cc(Cl)c(Br)cc1CBr)C(F)(F)F.O=C(Nc1cc(Cl)c(Br)cc1CP(Br)(c1ccccc1)(c1ccccc1)c1ccccc1)C(F)(F)F.c1ccc(P(c2ccccc2)c2ccccc2)cc1. The Bertz CT molecular complexity index is 2890. The van der Waals surface area contributed by atoms with Gasteiger partial charge < -0.3 is 5.32 Å². The summed E-state index contributed by atoms with van der Waals surface area (Å²) in [5, 5.41) is 8.11. The fourth-order valence-electron chi connectivity index (χ4n) is 7.47. The van der Waals surface area contributed by atoms with Crippen molar-refractivity contribution in [1.29, 1.82) is 0 Å². The molecule has 0 aliphatic heterocycles. The number of carbonyl (C=O) groups excluding carboxylic acids is 2. The molecule has 372 valence electrons. The summed E-state index contributed by atoms with van der Waals surface area (Å²) in [5.41, 5.74) is 1.01. The van der Waals surface area contributed by atoms with Crippen LogP contribution in [0.3, 0.4) is 0 Å². The molecule has 0 aromatic heterocycles. The molecule has 0 aliphatic rings. The number of anilines is 2. The van der Waals surface area contributed by atoms with Crippen molar-refractivity contribution < 1.29 is 35.9 Å². The third kappa shape index (κ3) is 14.1. The predicted octanol–water partition coefficient (Wildman–Crippen LogP) is 15.9. The Morgan fingerprint density at radius 2 is 0.750 bits per heavy atom. The molecule has 0 saturated carbocycles. The van der Waals surface area contributed by atoms with E-state index in [1.807, 2.05) is 96.3 Å². The van der Waals surface area contributed by atoms with Gasteiger partial charge in [0.05, 0.1) is 5.02 Å². The van der Waals surface area contributed by atoms with Crippen molar-refractivity contribution >= 4 is 155 Å². The van der Waals surface area contributed by atoms with Crippen LogP contribution in [-0.2, 0) is 21.1 Å². The molecule has 0 spiro atoms. The van der Waals surface area contributed by atoms with Gasteiger partial charge in [-0.05, 0) is 57.5 Å². The van der Waals surface area contributed by atoms with Crippen LogP contribution in [0.1, 0.15) is 11.1 Å². The number of benzene rings is 8. The number of amides is 2. The summed E-state index contributed by atoms with van der Waals surface area (Å²) in [6.45, 7) is 0. The van der Waals surface area contributed by atoms with Gasteiger partial charge in [0.2, 0.25) is 0 Å². The summed E-state index contributed by atoms with van der Waals surface area (Å²) in [6, 6.07) is 67.6. The number of alkyl halides is 7. The van der Waals surface area contributed by atoms with E-state index in [-0.39, 0.29) is 32.9 Å². The van der Waals surface area contributed by atoms with Crippen LogP contribution < -0.4 is 42.5 Å². The van der Waals surface area contributed by atoms with E-state index in [4.69, 9.17) is 23.2 Å². The quantitative estimate of drug-likeness (QED) is 0.0770. The number of halogens is 12. The third-order valence-corrected chi connectivity index (χ3v) is 25.8. The maximum absolute atomic E-state index is 13.2. The van der Waals surface area contributed by atoms with E-state index < -0.39 is 37.4 Å². The van der Waals surface area contributed by atoms with Gasteiger partial charge in [-0.3, -0.25) is 4.79 Å². The molecular weight excluding hydrogens is 1280 g/mol. The van der Waals surface area contributed by atoms with Crippen LogP contribution in [0.5, 0.6) is 0 Å². The third-order valence-electron chi connectivity index (χ3n) is 10.8. The molecule has 0 bridgehead atoms. The van der Waals surface area contributed by atoms with Crippen LogP contribution in [-0.4, -0.2) is 24.2 Å². The van der Waals surface area contributed by atoms with Gasteiger partial charge in [-0.25, -0.2) is 0 Å². The second-order valence-electron chi connectivity index (χ2n) is 15.6. The van der Waals surface area contributed by atoms with Gasteiger partial charge >= 0.3 is 242 Å². The minimum Gasteiger partial charge on any atom is -0.0622 e. The summed E-state index contributed by atoms with van der Waals surface area (Å²) in [6.07, 6.45) is -9.70. The molecule has 0 saturated heterocycles. The zero-order valence-corrected chi connectivity index (χ0v) is 46.9. The van der Waals surface area contributed by atoms with Crippen molar-refractivity contribution in [2.75, 3.05) is 10.6 Å². The molecule has 0 aliphatic carbocycles. The van der Waals surface area contributed by atoms with E-state index in [2.05, 4.69) is 154 Å². The van der Waals surface area contributed by atoms with Gasteiger partial charge in [0, 0.05) is 15.5 Å². The number of carbonyl (C=O) groups is 2. The molecule has 0 atom stereocenters. The molecule has 18 heteroatoms.